The summed E-state index contributed by atoms with van der Waals surface area (Å²) in [5.41, 5.74) is 1.06. The molecule has 0 atom stereocenters. The third-order valence-electron chi connectivity index (χ3n) is 3.86. The zero-order chi connectivity index (χ0) is 18.5. The minimum absolute atomic E-state index is 0.0206. The Morgan fingerprint density at radius 2 is 1.19 bits per heavy atom. The topological polar surface area (TPSA) is 83.5 Å². The summed E-state index contributed by atoms with van der Waals surface area (Å²) >= 11 is 0. The van der Waals surface area contributed by atoms with Gasteiger partial charge in [-0.1, -0.05) is 60.7 Å². The van der Waals surface area contributed by atoms with Gasteiger partial charge < -0.3 is 10.4 Å². The normalized spacial score (nSPS) is 10.2. The van der Waals surface area contributed by atoms with E-state index in [2.05, 4.69) is 5.32 Å². The molecule has 128 valence electrons. The molecule has 2 N–H and O–H groups in total. The number of ketones is 1. The van der Waals surface area contributed by atoms with E-state index in [0.29, 0.717) is 5.56 Å². The molecule has 0 aliphatic rings. The predicted molar refractivity (Wildman–Crippen MR) is 97.7 cm³/mol. The summed E-state index contributed by atoms with van der Waals surface area (Å²) < 4.78 is 0. The molecule has 0 aliphatic carbocycles. The highest BCUT2D eigenvalue weighted by Gasteiger charge is 2.19. The molecule has 0 radical (unpaired) electrons. The Morgan fingerprint density at radius 3 is 1.85 bits per heavy atom. The first-order chi connectivity index (χ1) is 12.6. The number of rotatable bonds is 5. The summed E-state index contributed by atoms with van der Waals surface area (Å²) in [6.45, 7) is 0. The van der Waals surface area contributed by atoms with Crippen LogP contribution in [0.1, 0.15) is 36.6 Å². The van der Waals surface area contributed by atoms with Gasteiger partial charge in [-0.25, -0.2) is 4.79 Å². The lowest BCUT2D eigenvalue weighted by Gasteiger charge is -2.11. The van der Waals surface area contributed by atoms with Crippen molar-refractivity contribution >= 4 is 23.3 Å². The van der Waals surface area contributed by atoms with Gasteiger partial charge in [-0.2, -0.15) is 0 Å². The van der Waals surface area contributed by atoms with E-state index in [4.69, 9.17) is 0 Å². The molecule has 5 nitrogen and oxygen atoms in total. The monoisotopic (exact) mass is 345 g/mol. The highest BCUT2D eigenvalue weighted by atomic mass is 16.4. The fourth-order valence-electron chi connectivity index (χ4n) is 2.59. The van der Waals surface area contributed by atoms with Crippen LogP contribution in [-0.2, 0) is 0 Å². The molecule has 0 fully saturated rings. The van der Waals surface area contributed by atoms with Crippen molar-refractivity contribution in [2.75, 3.05) is 5.32 Å². The van der Waals surface area contributed by atoms with Crippen LogP contribution in [0.25, 0.3) is 0 Å². The fraction of sp³-hybridized carbons (Fsp3) is 0. The lowest BCUT2D eigenvalue weighted by atomic mass is 9.98. The summed E-state index contributed by atoms with van der Waals surface area (Å²) in [5.74, 6) is -1.96. The van der Waals surface area contributed by atoms with Crippen molar-refractivity contribution in [3.8, 4) is 0 Å². The minimum Gasteiger partial charge on any atom is -0.478 e. The van der Waals surface area contributed by atoms with Gasteiger partial charge >= 0.3 is 5.97 Å². The van der Waals surface area contributed by atoms with E-state index in [1.54, 1.807) is 60.7 Å². The number of carboxylic acid groups (broad SMARTS) is 1. The number of benzene rings is 3. The number of para-hydroxylation sites is 1. The number of carboxylic acids is 1. The van der Waals surface area contributed by atoms with Gasteiger partial charge in [0.05, 0.1) is 16.8 Å². The molecule has 5 heteroatoms. The molecule has 0 heterocycles. The van der Waals surface area contributed by atoms with Crippen molar-refractivity contribution < 1.29 is 19.5 Å². The van der Waals surface area contributed by atoms with Crippen LogP contribution >= 0.6 is 0 Å². The van der Waals surface area contributed by atoms with Gasteiger partial charge in [-0.15, -0.1) is 0 Å². The molecule has 0 saturated heterocycles. The zero-order valence-electron chi connectivity index (χ0n) is 13.7. The number of anilines is 1. The average molecular weight is 345 g/mol. The van der Waals surface area contributed by atoms with E-state index in [-0.39, 0.29) is 28.2 Å². The van der Waals surface area contributed by atoms with E-state index in [0.717, 1.165) is 0 Å². The minimum atomic E-state index is -1.14. The van der Waals surface area contributed by atoms with Crippen LogP contribution in [0.15, 0.2) is 78.9 Å². The predicted octanol–water partition coefficient (Wildman–Crippen LogP) is 3.87. The lowest BCUT2D eigenvalue weighted by molar-refractivity contribution is 0.0698. The SMILES string of the molecule is O=C(O)c1ccccc1NC(=O)c1ccccc1C(=O)c1ccccc1. The summed E-state index contributed by atoms with van der Waals surface area (Å²) in [6.07, 6.45) is 0. The highest BCUT2D eigenvalue weighted by Crippen LogP contribution is 2.19. The number of hydrogen-bond donors (Lipinski definition) is 2. The quantitative estimate of drug-likeness (QED) is 0.688. The van der Waals surface area contributed by atoms with Gasteiger partial charge in [-0.05, 0) is 18.2 Å². The number of hydrogen-bond acceptors (Lipinski definition) is 3. The van der Waals surface area contributed by atoms with Gasteiger partial charge in [0.15, 0.2) is 5.78 Å². The molecule has 26 heavy (non-hydrogen) atoms. The molecule has 1 amide bonds. The Hall–Kier alpha value is -3.73. The Morgan fingerprint density at radius 1 is 0.654 bits per heavy atom. The molecule has 0 aliphatic heterocycles. The first-order valence-electron chi connectivity index (χ1n) is 7.90. The van der Waals surface area contributed by atoms with Gasteiger partial charge in [0.1, 0.15) is 0 Å². The standard InChI is InChI=1S/C21H15NO4/c23-19(14-8-2-1-3-9-14)15-10-4-5-11-16(15)20(24)22-18-13-7-6-12-17(18)21(25)26/h1-13H,(H,22,24)(H,25,26). The average Bonchev–Trinajstić information content (AvgIpc) is 2.68. The van der Waals surface area contributed by atoms with Gasteiger partial charge in [0.2, 0.25) is 0 Å². The van der Waals surface area contributed by atoms with Crippen LogP contribution in [0.4, 0.5) is 5.69 Å². The second-order valence-electron chi connectivity index (χ2n) is 5.55. The van der Waals surface area contributed by atoms with Crippen LogP contribution in [0, 0.1) is 0 Å². The molecule has 0 saturated carbocycles. The third kappa shape index (κ3) is 3.52. The number of carbonyl (C=O) groups is 3. The first-order valence-corrected chi connectivity index (χ1v) is 7.90. The largest absolute Gasteiger partial charge is 0.478 e. The maximum absolute atomic E-state index is 12.7. The highest BCUT2D eigenvalue weighted by molar-refractivity contribution is 6.18. The molecule has 0 bridgehead atoms. The van der Waals surface area contributed by atoms with Gasteiger partial charge in [0.25, 0.3) is 5.91 Å². The second-order valence-corrected chi connectivity index (χ2v) is 5.55. The van der Waals surface area contributed by atoms with E-state index < -0.39 is 11.9 Å². The van der Waals surface area contributed by atoms with Crippen LogP contribution in [0.2, 0.25) is 0 Å². The van der Waals surface area contributed by atoms with Crippen LogP contribution < -0.4 is 5.32 Å². The first kappa shape index (κ1) is 17.1. The molecule has 3 rings (SSSR count). The molecule has 3 aromatic rings. The van der Waals surface area contributed by atoms with Crippen molar-refractivity contribution in [3.63, 3.8) is 0 Å². The number of amides is 1. The van der Waals surface area contributed by atoms with E-state index in [1.165, 1.54) is 18.2 Å². The zero-order valence-corrected chi connectivity index (χ0v) is 13.7. The smallest absolute Gasteiger partial charge is 0.337 e. The van der Waals surface area contributed by atoms with E-state index >= 15 is 0 Å². The van der Waals surface area contributed by atoms with E-state index in [9.17, 15) is 19.5 Å². The Labute approximate surface area is 149 Å². The molecule has 0 unspecified atom stereocenters. The molecular weight excluding hydrogens is 330 g/mol. The lowest BCUT2D eigenvalue weighted by Crippen LogP contribution is -2.18. The number of aromatic carboxylic acids is 1. The van der Waals surface area contributed by atoms with Crippen molar-refractivity contribution in [1.29, 1.82) is 0 Å². The Kier molecular flexibility index (Phi) is 4.90. The molecule has 0 spiro atoms. The van der Waals surface area contributed by atoms with Gasteiger partial charge in [0, 0.05) is 11.1 Å². The number of carbonyl (C=O) groups excluding carboxylic acids is 2. The summed E-state index contributed by atoms with van der Waals surface area (Å²) in [4.78, 5) is 36.7. The van der Waals surface area contributed by atoms with Crippen molar-refractivity contribution in [1.82, 2.24) is 0 Å². The maximum Gasteiger partial charge on any atom is 0.337 e. The van der Waals surface area contributed by atoms with Crippen LogP contribution in [0.5, 0.6) is 0 Å². The summed E-state index contributed by atoms with van der Waals surface area (Å²) in [7, 11) is 0. The van der Waals surface area contributed by atoms with Crippen LogP contribution in [0.3, 0.4) is 0 Å². The Bertz CT molecular complexity index is 980. The molecule has 3 aromatic carbocycles. The third-order valence-corrected chi connectivity index (χ3v) is 3.86. The van der Waals surface area contributed by atoms with Crippen molar-refractivity contribution in [3.05, 3.63) is 101 Å². The molecular formula is C21H15NO4. The Balaban J connectivity index is 1.95. The molecule has 0 aromatic heterocycles. The summed E-state index contributed by atoms with van der Waals surface area (Å²) in [5, 5.41) is 11.8. The fourth-order valence-corrected chi connectivity index (χ4v) is 2.59. The second kappa shape index (κ2) is 7.44. The number of nitrogens with one attached hydrogen (secondary N) is 1. The van der Waals surface area contributed by atoms with E-state index in [1.807, 2.05) is 0 Å². The van der Waals surface area contributed by atoms with Crippen molar-refractivity contribution in [2.24, 2.45) is 0 Å². The summed E-state index contributed by atoms with van der Waals surface area (Å²) in [6, 6.07) is 21.2. The maximum atomic E-state index is 12.7. The van der Waals surface area contributed by atoms with Crippen LogP contribution in [-0.4, -0.2) is 22.8 Å². The van der Waals surface area contributed by atoms with Crippen molar-refractivity contribution in [2.45, 2.75) is 0 Å². The van der Waals surface area contributed by atoms with Gasteiger partial charge in [-0.3, -0.25) is 9.59 Å².